The van der Waals surface area contributed by atoms with E-state index < -0.39 is 0 Å². The Hall–Kier alpha value is -1.82. The molecular weight excluding hydrogens is 473 g/mol. The molecule has 0 spiro atoms. The van der Waals surface area contributed by atoms with E-state index in [1.54, 1.807) is 0 Å². The van der Waals surface area contributed by atoms with Crippen molar-refractivity contribution in [1.29, 1.82) is 0 Å². The minimum atomic E-state index is 0.279. The number of nitrogens with one attached hydrogen (secondary N) is 2. The predicted molar refractivity (Wildman–Crippen MR) is 158 cm³/mol. The smallest absolute Gasteiger partial charge is 0.236 e. The van der Waals surface area contributed by atoms with Crippen LogP contribution >= 0.6 is 12.2 Å². The number of likely N-dealkylation sites (N-methyl/N-ethyl adjacent to an activating group) is 1. The second-order valence-electron chi connectivity index (χ2n) is 7.60. The van der Waals surface area contributed by atoms with Gasteiger partial charge < -0.3 is 30.1 Å². The quantitative estimate of drug-likeness (QED) is 0.238. The van der Waals surface area contributed by atoms with Gasteiger partial charge in [0.15, 0.2) is 5.11 Å². The van der Waals surface area contributed by atoms with Crippen LogP contribution in [0.4, 0.5) is 11.4 Å². The van der Waals surface area contributed by atoms with E-state index in [-0.39, 0.29) is 6.61 Å². The summed E-state index contributed by atoms with van der Waals surface area (Å²) in [7, 11) is 0. The lowest BCUT2D eigenvalue weighted by Crippen LogP contribution is -2.25. The molecule has 0 aliphatic rings. The number of hydrogen-bond acceptors (Lipinski definition) is 5. The van der Waals surface area contributed by atoms with Gasteiger partial charge in [0.2, 0.25) is 15.2 Å². The maximum atomic E-state index is 8.46. The fraction of sp³-hybridized carbons (Fsp3) is 0.519. The van der Waals surface area contributed by atoms with Gasteiger partial charge in [-0.3, -0.25) is 0 Å². The van der Waals surface area contributed by atoms with Crippen molar-refractivity contribution in [2.45, 2.75) is 52.1 Å². The molecule has 0 aliphatic carbocycles. The lowest BCUT2D eigenvalue weighted by Gasteiger charge is -2.15. The molecule has 6 nitrogen and oxygen atoms in total. The largest absolute Gasteiger partial charge is 0.494 e. The molecule has 0 bridgehead atoms. The molecule has 0 heterocycles. The summed E-state index contributed by atoms with van der Waals surface area (Å²) in [6.45, 7) is 17.1. The number of benzene rings is 2. The molecule has 196 valence electrons. The van der Waals surface area contributed by atoms with Crippen LogP contribution in [0.2, 0.25) is 10.6 Å². The predicted octanol–water partition coefficient (Wildman–Crippen LogP) is 5.91. The van der Waals surface area contributed by atoms with Gasteiger partial charge in [0.1, 0.15) is 11.5 Å². The van der Waals surface area contributed by atoms with Crippen molar-refractivity contribution in [2.24, 2.45) is 0 Å². The molecular formula is C27H46AlN3O3S. The third-order valence-corrected chi connectivity index (χ3v) is 6.48. The van der Waals surface area contributed by atoms with E-state index in [4.69, 9.17) is 26.8 Å². The summed E-state index contributed by atoms with van der Waals surface area (Å²) in [5, 5.41) is 18.2. The van der Waals surface area contributed by atoms with Crippen LogP contribution in [0.5, 0.6) is 11.5 Å². The third kappa shape index (κ3) is 17.3. The van der Waals surface area contributed by atoms with Crippen LogP contribution in [-0.4, -0.2) is 69.8 Å². The van der Waals surface area contributed by atoms with Gasteiger partial charge in [-0.25, -0.2) is 0 Å². The minimum absolute atomic E-state index is 0.279. The van der Waals surface area contributed by atoms with Crippen molar-refractivity contribution in [2.75, 3.05) is 50.1 Å². The summed E-state index contributed by atoms with van der Waals surface area (Å²) in [6.07, 6.45) is 0. The van der Waals surface area contributed by atoms with E-state index >= 15 is 0 Å². The van der Waals surface area contributed by atoms with Crippen LogP contribution in [-0.2, 0) is 0 Å². The van der Waals surface area contributed by atoms with E-state index in [1.165, 1.54) is 10.6 Å². The third-order valence-electron chi connectivity index (χ3n) is 4.86. The Morgan fingerprint density at radius 3 is 1.40 bits per heavy atom. The summed E-state index contributed by atoms with van der Waals surface area (Å²) >= 11 is 5.73. The molecule has 0 unspecified atom stereocenters. The van der Waals surface area contributed by atoms with Crippen LogP contribution in [0.1, 0.15) is 41.5 Å². The normalized spacial score (nSPS) is 9.71. The molecule has 2 aromatic carbocycles. The molecule has 0 aromatic heterocycles. The highest BCUT2D eigenvalue weighted by Gasteiger charge is 2.00. The fourth-order valence-corrected chi connectivity index (χ4v) is 3.87. The second kappa shape index (κ2) is 22.6. The number of thiocarbonyl (C=S) groups is 1. The number of aliphatic hydroxyl groups excluding tert-OH is 1. The summed E-state index contributed by atoms with van der Waals surface area (Å²) in [4.78, 5) is 2.18. The number of anilines is 2. The zero-order valence-corrected chi connectivity index (χ0v) is 24.8. The van der Waals surface area contributed by atoms with Crippen LogP contribution in [0, 0.1) is 0 Å². The Bertz CT molecular complexity index is 702. The van der Waals surface area contributed by atoms with E-state index in [1.807, 2.05) is 62.4 Å². The van der Waals surface area contributed by atoms with Gasteiger partial charge in [-0.05, 0) is 87.7 Å². The molecule has 0 atom stereocenters. The maximum absolute atomic E-state index is 8.46. The summed E-state index contributed by atoms with van der Waals surface area (Å²) in [5.74, 6) is 1.69. The highest BCUT2D eigenvalue weighted by atomic mass is 32.1. The average molecular weight is 520 g/mol. The molecule has 0 radical (unpaired) electrons. The molecule has 0 saturated carbocycles. The Morgan fingerprint density at radius 2 is 1.17 bits per heavy atom. The highest BCUT2D eigenvalue weighted by molar-refractivity contribution is 7.80. The summed E-state index contributed by atoms with van der Waals surface area (Å²) < 4.78 is 10.8. The molecule has 0 saturated heterocycles. The van der Waals surface area contributed by atoms with Gasteiger partial charge >= 0.3 is 0 Å². The van der Waals surface area contributed by atoms with Crippen molar-refractivity contribution in [3.63, 3.8) is 0 Å². The molecule has 2 rings (SSSR count). The Labute approximate surface area is 225 Å². The number of ether oxygens (including phenoxy) is 2. The Morgan fingerprint density at radius 1 is 0.771 bits per heavy atom. The van der Waals surface area contributed by atoms with Crippen LogP contribution in [0.15, 0.2) is 48.5 Å². The summed E-state index contributed by atoms with van der Waals surface area (Å²) in [6, 6.07) is 15.3. The van der Waals surface area contributed by atoms with Gasteiger partial charge in [0.05, 0.1) is 19.8 Å². The van der Waals surface area contributed by atoms with Gasteiger partial charge in [0, 0.05) is 17.9 Å². The van der Waals surface area contributed by atoms with Crippen molar-refractivity contribution in [1.82, 2.24) is 4.90 Å². The number of nitrogens with zero attached hydrogens (tertiary/aromatic N) is 1. The van der Waals surface area contributed by atoms with Gasteiger partial charge in [-0.1, -0.05) is 27.7 Å². The van der Waals surface area contributed by atoms with E-state index in [0.717, 1.165) is 42.5 Å². The summed E-state index contributed by atoms with van der Waals surface area (Å²) in [5.41, 5.74) is 1.82. The maximum Gasteiger partial charge on any atom is 0.236 e. The number of hydrogen-bond donors (Lipinski definition) is 3. The molecule has 8 heteroatoms. The molecule has 35 heavy (non-hydrogen) atoms. The topological polar surface area (TPSA) is 66.0 Å². The van der Waals surface area contributed by atoms with Gasteiger partial charge in [0.25, 0.3) is 0 Å². The second-order valence-corrected chi connectivity index (χ2v) is 10.7. The van der Waals surface area contributed by atoms with Crippen LogP contribution in [0.25, 0.3) is 0 Å². The van der Waals surface area contributed by atoms with Gasteiger partial charge in [-0.15, -0.1) is 10.6 Å². The Balaban J connectivity index is 0.000000735. The first-order valence-electron chi connectivity index (χ1n) is 12.8. The number of rotatable bonds is 12. The van der Waals surface area contributed by atoms with Crippen molar-refractivity contribution in [3.8, 4) is 11.5 Å². The standard InChI is InChI=1S/C17H20N2O2S.C6H15NO.2C2H5.Al.H/c1-3-20-15-9-5-13(6-10-15)18-17(22)19-14-7-11-16(12-8-14)21-4-2;1-3-7(4-2)5-6-8;2*1-2;;/h5-12H,3-4H2,1-2H3,(H2,18,19,22);8H,3-6H2,1-2H3;2*1H2,2H3;;. The van der Waals surface area contributed by atoms with E-state index in [0.29, 0.717) is 33.5 Å². The lowest BCUT2D eigenvalue weighted by molar-refractivity contribution is 0.208. The lowest BCUT2D eigenvalue weighted by atomic mass is 10.3. The van der Waals surface area contributed by atoms with Crippen molar-refractivity contribution < 1.29 is 14.6 Å². The van der Waals surface area contributed by atoms with E-state index in [9.17, 15) is 0 Å². The molecule has 2 aromatic rings. The first-order chi connectivity index (χ1) is 17.0. The van der Waals surface area contributed by atoms with Crippen LogP contribution in [0.3, 0.4) is 0 Å². The van der Waals surface area contributed by atoms with Crippen molar-refractivity contribution >= 4 is 43.9 Å². The Kier molecular flexibility index (Phi) is 21.5. The monoisotopic (exact) mass is 519 g/mol. The number of aliphatic hydroxyl groups is 1. The molecule has 3 N–H and O–H groups in total. The minimum Gasteiger partial charge on any atom is -0.494 e. The van der Waals surface area contributed by atoms with Crippen LogP contribution < -0.4 is 20.1 Å². The molecule has 0 amide bonds. The average Bonchev–Trinajstić information content (AvgIpc) is 2.86. The molecule has 0 fully saturated rings. The molecule has 0 aliphatic heterocycles. The fourth-order valence-electron chi connectivity index (χ4n) is 2.93. The van der Waals surface area contributed by atoms with Gasteiger partial charge in [-0.2, -0.15) is 0 Å². The zero-order valence-electron chi connectivity index (χ0n) is 22.6. The first kappa shape index (κ1) is 33.2. The highest BCUT2D eigenvalue weighted by Crippen LogP contribution is 2.18. The van der Waals surface area contributed by atoms with Crippen molar-refractivity contribution in [3.05, 3.63) is 48.5 Å². The zero-order chi connectivity index (χ0) is 26.3. The van der Waals surface area contributed by atoms with E-state index in [2.05, 4.69) is 43.2 Å². The SMILES string of the molecule is CCN(CC)CCO.CCOc1ccc(NC(=S)Nc2ccc(OCC)cc2)cc1.C[CH2][AlH][CH2]C. The first-order valence-corrected chi connectivity index (χ1v) is 15.2.